The van der Waals surface area contributed by atoms with Crippen molar-refractivity contribution in [2.24, 2.45) is 5.10 Å². The van der Waals surface area contributed by atoms with Gasteiger partial charge in [0, 0.05) is 36.2 Å². The summed E-state index contributed by atoms with van der Waals surface area (Å²) < 4.78 is 6.64. The van der Waals surface area contributed by atoms with E-state index in [1.54, 1.807) is 24.3 Å². The standard InChI is InChI=1S/C26H24BrN3O3/c1-29(2)22-10-8-19(9-11-22)25-15-24(20-4-3-5-21(27)14-20)28-30(25)26(32)17-33-23-12-6-18(16-31)7-13-23/h3-14,16,25H,15,17H2,1-2H3. The van der Waals surface area contributed by atoms with Crippen LogP contribution in [0.3, 0.4) is 0 Å². The number of hydrogen-bond acceptors (Lipinski definition) is 5. The van der Waals surface area contributed by atoms with Crippen LogP contribution in [0.4, 0.5) is 5.69 Å². The smallest absolute Gasteiger partial charge is 0.281 e. The maximum atomic E-state index is 13.2. The minimum Gasteiger partial charge on any atom is -0.484 e. The van der Waals surface area contributed by atoms with Crippen LogP contribution in [0.5, 0.6) is 5.75 Å². The molecule has 6 nitrogen and oxygen atoms in total. The van der Waals surface area contributed by atoms with E-state index >= 15 is 0 Å². The van der Waals surface area contributed by atoms with Crippen molar-refractivity contribution < 1.29 is 14.3 Å². The van der Waals surface area contributed by atoms with Gasteiger partial charge in [-0.25, -0.2) is 5.01 Å². The summed E-state index contributed by atoms with van der Waals surface area (Å²) in [5.41, 5.74) is 4.47. The molecule has 0 fully saturated rings. The number of amides is 1. The topological polar surface area (TPSA) is 62.2 Å². The highest BCUT2D eigenvalue weighted by Gasteiger charge is 2.33. The van der Waals surface area contributed by atoms with Gasteiger partial charge in [-0.2, -0.15) is 5.10 Å². The molecule has 0 radical (unpaired) electrons. The van der Waals surface area contributed by atoms with Gasteiger partial charge >= 0.3 is 0 Å². The van der Waals surface area contributed by atoms with Crippen molar-refractivity contribution >= 4 is 39.5 Å². The van der Waals surface area contributed by atoms with Gasteiger partial charge in [0.05, 0.1) is 11.8 Å². The lowest BCUT2D eigenvalue weighted by atomic mass is 9.98. The molecule has 1 unspecified atom stereocenters. The second-order valence-electron chi connectivity index (χ2n) is 7.98. The second kappa shape index (κ2) is 10.0. The molecule has 1 aliphatic heterocycles. The normalized spacial score (nSPS) is 15.2. The zero-order valence-electron chi connectivity index (χ0n) is 18.4. The number of aldehydes is 1. The van der Waals surface area contributed by atoms with E-state index in [0.29, 0.717) is 17.7 Å². The summed E-state index contributed by atoms with van der Waals surface area (Å²) in [4.78, 5) is 26.0. The number of rotatable bonds is 7. The summed E-state index contributed by atoms with van der Waals surface area (Å²) in [6.07, 6.45) is 1.38. The molecule has 3 aromatic rings. The number of halogens is 1. The van der Waals surface area contributed by atoms with Crippen LogP contribution >= 0.6 is 15.9 Å². The Kier molecular flexibility index (Phi) is 6.89. The van der Waals surface area contributed by atoms with Gasteiger partial charge in [-0.05, 0) is 59.7 Å². The van der Waals surface area contributed by atoms with E-state index in [4.69, 9.17) is 9.84 Å². The van der Waals surface area contributed by atoms with E-state index in [0.717, 1.165) is 33.3 Å². The first-order valence-corrected chi connectivity index (χ1v) is 11.3. The molecule has 33 heavy (non-hydrogen) atoms. The van der Waals surface area contributed by atoms with Crippen LogP contribution in [0.2, 0.25) is 0 Å². The number of benzene rings is 3. The average Bonchev–Trinajstić information content (AvgIpc) is 3.28. The summed E-state index contributed by atoms with van der Waals surface area (Å²) >= 11 is 3.51. The Labute approximate surface area is 201 Å². The van der Waals surface area contributed by atoms with E-state index < -0.39 is 0 Å². The first kappa shape index (κ1) is 22.7. The molecule has 0 aliphatic carbocycles. The Balaban J connectivity index is 1.57. The van der Waals surface area contributed by atoms with E-state index in [1.807, 2.05) is 67.5 Å². The van der Waals surface area contributed by atoms with Crippen molar-refractivity contribution in [1.29, 1.82) is 0 Å². The largest absolute Gasteiger partial charge is 0.484 e. The van der Waals surface area contributed by atoms with Gasteiger partial charge in [0.1, 0.15) is 12.0 Å². The van der Waals surface area contributed by atoms with Crippen LogP contribution in [-0.4, -0.2) is 43.6 Å². The van der Waals surface area contributed by atoms with Gasteiger partial charge in [0.2, 0.25) is 0 Å². The summed E-state index contributed by atoms with van der Waals surface area (Å²) in [5, 5.41) is 6.23. The van der Waals surface area contributed by atoms with E-state index in [9.17, 15) is 9.59 Å². The van der Waals surface area contributed by atoms with E-state index in [1.165, 1.54) is 5.01 Å². The molecule has 3 aromatic carbocycles. The van der Waals surface area contributed by atoms with Crippen molar-refractivity contribution in [3.05, 3.63) is 94.0 Å². The SMILES string of the molecule is CN(C)c1ccc(C2CC(c3cccc(Br)c3)=NN2C(=O)COc2ccc(C=O)cc2)cc1. The highest BCUT2D eigenvalue weighted by molar-refractivity contribution is 9.10. The van der Waals surface area contributed by atoms with Gasteiger partial charge in [0.15, 0.2) is 6.61 Å². The number of nitrogens with zero attached hydrogens (tertiary/aromatic N) is 3. The quantitative estimate of drug-likeness (QED) is 0.419. The molecule has 1 heterocycles. The van der Waals surface area contributed by atoms with Gasteiger partial charge < -0.3 is 9.64 Å². The fourth-order valence-corrected chi connectivity index (χ4v) is 4.09. The van der Waals surface area contributed by atoms with Crippen LogP contribution in [0.15, 0.2) is 82.4 Å². The minimum absolute atomic E-state index is 0.151. The first-order chi connectivity index (χ1) is 15.9. The Hall–Kier alpha value is -3.45. The Morgan fingerprint density at radius 3 is 2.48 bits per heavy atom. The minimum atomic E-state index is -0.235. The lowest BCUT2D eigenvalue weighted by molar-refractivity contribution is -0.135. The van der Waals surface area contributed by atoms with Crippen molar-refractivity contribution in [2.75, 3.05) is 25.6 Å². The summed E-state index contributed by atoms with van der Waals surface area (Å²) in [6, 6.07) is 22.5. The molecule has 0 N–H and O–H groups in total. The molecular formula is C26H24BrN3O3. The maximum Gasteiger partial charge on any atom is 0.281 e. The molecule has 0 bridgehead atoms. The predicted octanol–water partition coefficient (Wildman–Crippen LogP) is 5.08. The third-order valence-electron chi connectivity index (χ3n) is 5.50. The molecule has 0 saturated heterocycles. The number of carbonyl (C=O) groups excluding carboxylic acids is 2. The van der Waals surface area contributed by atoms with Gasteiger partial charge in [-0.15, -0.1) is 0 Å². The molecule has 1 atom stereocenters. The van der Waals surface area contributed by atoms with Gasteiger partial charge in [0.25, 0.3) is 5.91 Å². The van der Waals surface area contributed by atoms with Crippen molar-refractivity contribution in [1.82, 2.24) is 5.01 Å². The average molecular weight is 506 g/mol. The third kappa shape index (κ3) is 5.31. The highest BCUT2D eigenvalue weighted by atomic mass is 79.9. The lowest BCUT2D eigenvalue weighted by Gasteiger charge is -2.23. The molecule has 0 aromatic heterocycles. The van der Waals surface area contributed by atoms with Crippen LogP contribution in [0.25, 0.3) is 0 Å². The Morgan fingerprint density at radius 2 is 1.85 bits per heavy atom. The van der Waals surface area contributed by atoms with Crippen LogP contribution < -0.4 is 9.64 Å². The van der Waals surface area contributed by atoms with Crippen LogP contribution in [0, 0.1) is 0 Å². The molecule has 1 amide bonds. The first-order valence-electron chi connectivity index (χ1n) is 10.6. The van der Waals surface area contributed by atoms with Gasteiger partial charge in [-0.3, -0.25) is 9.59 Å². The Bertz CT molecular complexity index is 1170. The summed E-state index contributed by atoms with van der Waals surface area (Å²) in [6.45, 7) is -0.151. The Morgan fingerprint density at radius 1 is 1.12 bits per heavy atom. The zero-order chi connectivity index (χ0) is 23.4. The highest BCUT2D eigenvalue weighted by Crippen LogP contribution is 2.34. The number of hydrogen-bond donors (Lipinski definition) is 0. The second-order valence-corrected chi connectivity index (χ2v) is 8.89. The maximum absolute atomic E-state index is 13.2. The zero-order valence-corrected chi connectivity index (χ0v) is 20.0. The molecule has 4 rings (SSSR count). The fourth-order valence-electron chi connectivity index (χ4n) is 3.69. The van der Waals surface area contributed by atoms with Crippen LogP contribution in [-0.2, 0) is 4.79 Å². The number of carbonyl (C=O) groups is 2. The number of ether oxygens (including phenoxy) is 1. The van der Waals surface area contributed by atoms with Crippen LogP contribution in [0.1, 0.15) is 33.9 Å². The van der Waals surface area contributed by atoms with E-state index in [2.05, 4.69) is 15.9 Å². The summed E-state index contributed by atoms with van der Waals surface area (Å²) in [7, 11) is 3.99. The molecule has 168 valence electrons. The molecule has 1 aliphatic rings. The van der Waals surface area contributed by atoms with Crippen molar-refractivity contribution in [2.45, 2.75) is 12.5 Å². The summed E-state index contributed by atoms with van der Waals surface area (Å²) in [5.74, 6) is 0.289. The molecular weight excluding hydrogens is 482 g/mol. The number of hydrazone groups is 1. The number of anilines is 1. The third-order valence-corrected chi connectivity index (χ3v) is 5.99. The predicted molar refractivity (Wildman–Crippen MR) is 133 cm³/mol. The monoisotopic (exact) mass is 505 g/mol. The fraction of sp³-hybridized carbons (Fsp3) is 0.192. The molecule has 0 spiro atoms. The molecule has 0 saturated carbocycles. The van der Waals surface area contributed by atoms with Crippen molar-refractivity contribution in [3.8, 4) is 5.75 Å². The lowest BCUT2D eigenvalue weighted by Crippen LogP contribution is -2.31. The molecule has 7 heteroatoms. The van der Waals surface area contributed by atoms with Crippen molar-refractivity contribution in [3.63, 3.8) is 0 Å². The van der Waals surface area contributed by atoms with Gasteiger partial charge in [-0.1, -0.05) is 40.2 Å². The van der Waals surface area contributed by atoms with E-state index in [-0.39, 0.29) is 18.6 Å².